The Kier molecular flexibility index (Phi) is 10.3. The minimum atomic E-state index is -0.646. The van der Waals surface area contributed by atoms with Gasteiger partial charge in [0.05, 0.1) is 13.2 Å². The fourth-order valence-electron chi connectivity index (χ4n) is 2.24. The molecule has 1 unspecified atom stereocenters. The number of carbonyl (C=O) groups excluding carboxylic acids is 1. The van der Waals surface area contributed by atoms with Crippen molar-refractivity contribution in [1.82, 2.24) is 14.5 Å². The van der Waals surface area contributed by atoms with Crippen molar-refractivity contribution in [2.75, 3.05) is 20.8 Å². The monoisotopic (exact) mass is 374 g/mol. The first-order valence-electron chi connectivity index (χ1n) is 7.15. The Morgan fingerprint density at radius 1 is 1.33 bits per heavy atom. The number of ether oxygens (including phenoxy) is 1. The Morgan fingerprint density at radius 3 is 2.62 bits per heavy atom. The van der Waals surface area contributed by atoms with E-state index in [9.17, 15) is 4.79 Å². The molecule has 1 atom stereocenters. The first-order chi connectivity index (χ1) is 10.6. The number of benzene rings is 1. The van der Waals surface area contributed by atoms with E-state index in [2.05, 4.69) is 17.1 Å². The second kappa shape index (κ2) is 11.0. The van der Waals surface area contributed by atoms with E-state index in [0.29, 0.717) is 6.54 Å². The average Bonchev–Trinajstić information content (AvgIpc) is 2.94. The molecule has 0 radical (unpaired) electrons. The van der Waals surface area contributed by atoms with Crippen LogP contribution >= 0.6 is 24.8 Å². The van der Waals surface area contributed by atoms with Gasteiger partial charge in [-0.1, -0.05) is 30.3 Å². The molecule has 0 spiro atoms. The van der Waals surface area contributed by atoms with Gasteiger partial charge >= 0.3 is 0 Å². The molecule has 6 nitrogen and oxygen atoms in total. The van der Waals surface area contributed by atoms with Crippen LogP contribution < -0.4 is 5.73 Å². The molecule has 0 aliphatic rings. The number of aromatic nitrogens is 2. The summed E-state index contributed by atoms with van der Waals surface area (Å²) < 4.78 is 6.95. The molecule has 0 aliphatic carbocycles. The largest absolute Gasteiger partial charge is 0.383 e. The van der Waals surface area contributed by atoms with Crippen LogP contribution in [0.3, 0.4) is 0 Å². The lowest BCUT2D eigenvalue weighted by Crippen LogP contribution is -2.44. The first kappa shape index (κ1) is 22.4. The zero-order chi connectivity index (χ0) is 15.9. The molecule has 0 bridgehead atoms. The third kappa shape index (κ3) is 6.13. The molecule has 0 saturated heterocycles. The summed E-state index contributed by atoms with van der Waals surface area (Å²) in [5.41, 5.74) is 6.96. The quantitative estimate of drug-likeness (QED) is 0.800. The molecule has 2 N–H and O–H groups in total. The van der Waals surface area contributed by atoms with Gasteiger partial charge < -0.3 is 19.9 Å². The Hall–Kier alpha value is -1.60. The molecule has 0 fully saturated rings. The Balaban J connectivity index is 0.00000264. The first-order valence-corrected chi connectivity index (χ1v) is 7.15. The van der Waals surface area contributed by atoms with Gasteiger partial charge in [0.1, 0.15) is 11.9 Å². The van der Waals surface area contributed by atoms with Crippen LogP contribution in [-0.2, 0) is 22.6 Å². The van der Waals surface area contributed by atoms with Crippen LogP contribution in [0.5, 0.6) is 0 Å². The van der Waals surface area contributed by atoms with Gasteiger partial charge in [-0.15, -0.1) is 24.8 Å². The molecule has 2 aromatic rings. The number of nitrogens with two attached hydrogens (primary N) is 1. The van der Waals surface area contributed by atoms with Gasteiger partial charge in [-0.05, 0) is 5.56 Å². The normalized spacial score (nSPS) is 11.1. The van der Waals surface area contributed by atoms with Crippen molar-refractivity contribution in [3.63, 3.8) is 0 Å². The zero-order valence-electron chi connectivity index (χ0n) is 13.8. The van der Waals surface area contributed by atoms with Crippen molar-refractivity contribution in [3.05, 3.63) is 54.1 Å². The summed E-state index contributed by atoms with van der Waals surface area (Å²) >= 11 is 0. The SMILES string of the molecule is COCC(N)C(=O)N(C)Cc1nccn1Cc1ccccc1.Cl.Cl. The van der Waals surface area contributed by atoms with Gasteiger partial charge in [-0.3, -0.25) is 4.79 Å². The number of rotatable bonds is 7. The van der Waals surface area contributed by atoms with Crippen molar-refractivity contribution < 1.29 is 9.53 Å². The molecular formula is C16H24Cl2N4O2. The topological polar surface area (TPSA) is 73.4 Å². The molecule has 2 rings (SSSR count). The molecule has 8 heteroatoms. The lowest BCUT2D eigenvalue weighted by atomic mass is 10.2. The molecule has 0 saturated carbocycles. The highest BCUT2D eigenvalue weighted by Crippen LogP contribution is 2.08. The van der Waals surface area contributed by atoms with Crippen LogP contribution in [0.1, 0.15) is 11.4 Å². The van der Waals surface area contributed by atoms with E-state index in [0.717, 1.165) is 12.4 Å². The molecule has 1 aromatic carbocycles. The fourth-order valence-corrected chi connectivity index (χ4v) is 2.24. The van der Waals surface area contributed by atoms with Crippen molar-refractivity contribution in [3.8, 4) is 0 Å². The standard InChI is InChI=1S/C16H22N4O2.2ClH/c1-19(16(21)14(17)12-22-2)11-15-18-8-9-20(15)10-13-6-4-3-5-7-13;;/h3-9,14H,10-12,17H2,1-2H3;2*1H. The van der Waals surface area contributed by atoms with Crippen LogP contribution in [-0.4, -0.2) is 47.2 Å². The average molecular weight is 375 g/mol. The smallest absolute Gasteiger partial charge is 0.242 e. The third-order valence-electron chi connectivity index (χ3n) is 3.42. The maximum absolute atomic E-state index is 12.1. The van der Waals surface area contributed by atoms with E-state index in [1.807, 2.05) is 29.0 Å². The maximum Gasteiger partial charge on any atom is 0.242 e. The van der Waals surface area contributed by atoms with Gasteiger partial charge in [0.25, 0.3) is 0 Å². The lowest BCUT2D eigenvalue weighted by Gasteiger charge is -2.21. The van der Waals surface area contributed by atoms with E-state index in [4.69, 9.17) is 10.5 Å². The third-order valence-corrected chi connectivity index (χ3v) is 3.42. The molecule has 1 aromatic heterocycles. The van der Waals surface area contributed by atoms with Crippen LogP contribution in [0.25, 0.3) is 0 Å². The minimum Gasteiger partial charge on any atom is -0.383 e. The van der Waals surface area contributed by atoms with Crippen molar-refractivity contribution in [2.24, 2.45) is 5.73 Å². The molecule has 24 heavy (non-hydrogen) atoms. The number of nitrogens with zero attached hydrogens (tertiary/aromatic N) is 3. The van der Waals surface area contributed by atoms with E-state index >= 15 is 0 Å². The summed E-state index contributed by atoms with van der Waals surface area (Å²) in [6, 6.07) is 9.48. The number of carbonyl (C=O) groups is 1. The summed E-state index contributed by atoms with van der Waals surface area (Å²) in [6.45, 7) is 1.35. The predicted molar refractivity (Wildman–Crippen MR) is 98.6 cm³/mol. The zero-order valence-corrected chi connectivity index (χ0v) is 15.4. The number of halogens is 2. The van der Waals surface area contributed by atoms with Crippen LogP contribution in [0.15, 0.2) is 42.7 Å². The second-order valence-corrected chi connectivity index (χ2v) is 5.21. The molecule has 1 heterocycles. The number of methoxy groups -OCH3 is 1. The highest BCUT2D eigenvalue weighted by Gasteiger charge is 2.19. The van der Waals surface area contributed by atoms with E-state index in [-0.39, 0.29) is 37.3 Å². The van der Waals surface area contributed by atoms with E-state index < -0.39 is 6.04 Å². The van der Waals surface area contributed by atoms with E-state index in [1.165, 1.54) is 12.7 Å². The molecular weight excluding hydrogens is 351 g/mol. The Labute approximate surface area is 154 Å². The van der Waals surface area contributed by atoms with Crippen molar-refractivity contribution in [1.29, 1.82) is 0 Å². The van der Waals surface area contributed by atoms with Crippen molar-refractivity contribution in [2.45, 2.75) is 19.1 Å². The highest BCUT2D eigenvalue weighted by atomic mass is 35.5. The Morgan fingerprint density at radius 2 is 2.00 bits per heavy atom. The van der Waals surface area contributed by atoms with Crippen LogP contribution in [0.2, 0.25) is 0 Å². The summed E-state index contributed by atoms with van der Waals surface area (Å²) in [6.07, 6.45) is 3.65. The van der Waals surface area contributed by atoms with Crippen molar-refractivity contribution >= 4 is 30.7 Å². The second-order valence-electron chi connectivity index (χ2n) is 5.21. The van der Waals surface area contributed by atoms with Gasteiger partial charge in [0.2, 0.25) is 5.91 Å². The van der Waals surface area contributed by atoms with Gasteiger partial charge in [-0.2, -0.15) is 0 Å². The van der Waals surface area contributed by atoms with Gasteiger partial charge in [-0.25, -0.2) is 4.98 Å². The lowest BCUT2D eigenvalue weighted by molar-refractivity contribution is -0.133. The van der Waals surface area contributed by atoms with Crippen LogP contribution in [0, 0.1) is 0 Å². The summed E-state index contributed by atoms with van der Waals surface area (Å²) in [7, 11) is 3.25. The van der Waals surface area contributed by atoms with Crippen LogP contribution in [0.4, 0.5) is 0 Å². The van der Waals surface area contributed by atoms with Gasteiger partial charge in [0.15, 0.2) is 0 Å². The maximum atomic E-state index is 12.1. The number of hydrogen-bond acceptors (Lipinski definition) is 4. The summed E-state index contributed by atoms with van der Waals surface area (Å²) in [4.78, 5) is 18.0. The molecule has 134 valence electrons. The fraction of sp³-hybridized carbons (Fsp3) is 0.375. The Bertz CT molecular complexity index is 607. The van der Waals surface area contributed by atoms with E-state index in [1.54, 1.807) is 18.1 Å². The van der Waals surface area contributed by atoms with Gasteiger partial charge in [0, 0.05) is 33.1 Å². The minimum absolute atomic E-state index is 0. The molecule has 0 aliphatic heterocycles. The number of hydrogen-bond donors (Lipinski definition) is 1. The highest BCUT2D eigenvalue weighted by molar-refractivity contribution is 5.85. The summed E-state index contributed by atoms with van der Waals surface area (Å²) in [5.74, 6) is 0.667. The summed E-state index contributed by atoms with van der Waals surface area (Å²) in [5, 5.41) is 0. The molecule has 1 amide bonds. The number of amides is 1. The number of likely N-dealkylation sites (N-methyl/N-ethyl adjacent to an activating group) is 1. The predicted octanol–water partition coefficient (Wildman–Crippen LogP) is 1.71. The number of imidazole rings is 1.